The van der Waals surface area contributed by atoms with Gasteiger partial charge in [-0.2, -0.15) is 0 Å². The molecule has 0 aliphatic heterocycles. The molecule has 2 aromatic carbocycles. The van der Waals surface area contributed by atoms with Gasteiger partial charge in [-0.15, -0.1) is 0 Å². The zero-order valence-corrected chi connectivity index (χ0v) is 14.4. The lowest BCUT2D eigenvalue weighted by molar-refractivity contribution is -0.385. The standard InChI is InChI=1S/C19H16N2O6/c1-2-27-19(24)16-17(22)13-8-4-6-10-15(13)20(18(16)23)11-12-7-3-5-9-14(12)21(25)26/h3-10,22H,2,11H2,1H3. The molecule has 0 amide bonds. The summed E-state index contributed by atoms with van der Waals surface area (Å²) in [5.41, 5.74) is -0.752. The van der Waals surface area contributed by atoms with Crippen LogP contribution in [-0.2, 0) is 11.3 Å². The van der Waals surface area contributed by atoms with E-state index in [1.165, 1.54) is 22.8 Å². The van der Waals surface area contributed by atoms with E-state index in [2.05, 4.69) is 0 Å². The summed E-state index contributed by atoms with van der Waals surface area (Å²) in [7, 11) is 0. The van der Waals surface area contributed by atoms with Crippen LogP contribution < -0.4 is 5.56 Å². The van der Waals surface area contributed by atoms with Gasteiger partial charge in [0.1, 0.15) is 5.75 Å². The van der Waals surface area contributed by atoms with Crippen LogP contribution in [0.5, 0.6) is 5.75 Å². The van der Waals surface area contributed by atoms with Gasteiger partial charge in [0, 0.05) is 17.0 Å². The normalized spacial score (nSPS) is 10.7. The molecule has 0 saturated carbocycles. The van der Waals surface area contributed by atoms with E-state index in [-0.39, 0.29) is 24.2 Å². The van der Waals surface area contributed by atoms with Crippen LogP contribution in [0.15, 0.2) is 53.3 Å². The number of nitrogens with zero attached hydrogens (tertiary/aromatic N) is 2. The van der Waals surface area contributed by atoms with Crippen LogP contribution in [0.25, 0.3) is 10.9 Å². The third-order valence-corrected chi connectivity index (χ3v) is 4.14. The molecule has 0 aliphatic rings. The number of rotatable bonds is 5. The number of hydrogen-bond acceptors (Lipinski definition) is 6. The molecule has 27 heavy (non-hydrogen) atoms. The first kappa shape index (κ1) is 18.1. The van der Waals surface area contributed by atoms with Crippen molar-refractivity contribution in [3.8, 4) is 5.75 Å². The number of benzene rings is 2. The van der Waals surface area contributed by atoms with Crippen LogP contribution in [0.4, 0.5) is 5.69 Å². The van der Waals surface area contributed by atoms with Gasteiger partial charge in [0.05, 0.1) is 23.6 Å². The van der Waals surface area contributed by atoms with Crippen LogP contribution in [0.1, 0.15) is 22.8 Å². The molecule has 0 spiro atoms. The van der Waals surface area contributed by atoms with Gasteiger partial charge in [0.25, 0.3) is 11.2 Å². The third-order valence-electron chi connectivity index (χ3n) is 4.14. The van der Waals surface area contributed by atoms with E-state index < -0.39 is 27.8 Å². The molecular weight excluding hydrogens is 352 g/mol. The van der Waals surface area contributed by atoms with Crippen molar-refractivity contribution in [3.05, 3.63) is 80.1 Å². The minimum absolute atomic E-state index is 0.0364. The summed E-state index contributed by atoms with van der Waals surface area (Å²) in [6.07, 6.45) is 0. The SMILES string of the molecule is CCOC(=O)c1c(O)c2ccccc2n(Cc2ccccc2[N+](=O)[O-])c1=O. The van der Waals surface area contributed by atoms with Crippen molar-refractivity contribution in [1.82, 2.24) is 4.57 Å². The Morgan fingerprint density at radius 3 is 2.56 bits per heavy atom. The van der Waals surface area contributed by atoms with Crippen molar-refractivity contribution in [2.24, 2.45) is 0 Å². The fourth-order valence-corrected chi connectivity index (χ4v) is 2.93. The number of carbonyl (C=O) groups excluding carboxylic acids is 1. The lowest BCUT2D eigenvalue weighted by Crippen LogP contribution is -2.28. The summed E-state index contributed by atoms with van der Waals surface area (Å²) in [5.74, 6) is -1.41. The number of nitro groups is 1. The highest BCUT2D eigenvalue weighted by atomic mass is 16.6. The predicted molar refractivity (Wildman–Crippen MR) is 98.0 cm³/mol. The van der Waals surface area contributed by atoms with Crippen molar-refractivity contribution in [2.45, 2.75) is 13.5 Å². The highest BCUT2D eigenvalue weighted by molar-refractivity contribution is 5.99. The first-order valence-electron chi connectivity index (χ1n) is 8.19. The Kier molecular flexibility index (Phi) is 4.89. The topological polar surface area (TPSA) is 112 Å². The largest absolute Gasteiger partial charge is 0.506 e. The maximum absolute atomic E-state index is 12.9. The van der Waals surface area contributed by atoms with Crippen LogP contribution in [0, 0.1) is 10.1 Å². The summed E-state index contributed by atoms with van der Waals surface area (Å²) in [6, 6.07) is 12.5. The molecule has 0 saturated heterocycles. The molecule has 3 rings (SSSR count). The Labute approximate surface area is 153 Å². The zero-order chi connectivity index (χ0) is 19.6. The molecule has 1 N–H and O–H groups in total. The summed E-state index contributed by atoms with van der Waals surface area (Å²) in [6.45, 7) is 1.49. The maximum atomic E-state index is 12.9. The van der Waals surface area contributed by atoms with Crippen LogP contribution in [-0.4, -0.2) is 27.2 Å². The number of nitro benzene ring substituents is 1. The Balaban J connectivity index is 2.28. The van der Waals surface area contributed by atoms with Gasteiger partial charge in [-0.25, -0.2) is 4.79 Å². The number of carbonyl (C=O) groups is 1. The summed E-state index contributed by atoms with van der Waals surface area (Å²) < 4.78 is 6.11. The molecule has 0 atom stereocenters. The molecule has 8 nitrogen and oxygen atoms in total. The average molecular weight is 368 g/mol. The Morgan fingerprint density at radius 1 is 1.19 bits per heavy atom. The van der Waals surface area contributed by atoms with E-state index in [4.69, 9.17) is 4.74 Å². The van der Waals surface area contributed by atoms with Gasteiger partial charge < -0.3 is 14.4 Å². The number of hydrogen-bond donors (Lipinski definition) is 1. The molecule has 0 fully saturated rings. The van der Waals surface area contributed by atoms with Crippen molar-refractivity contribution >= 4 is 22.6 Å². The van der Waals surface area contributed by atoms with Gasteiger partial charge in [0.2, 0.25) is 0 Å². The van der Waals surface area contributed by atoms with E-state index in [1.807, 2.05) is 0 Å². The minimum Gasteiger partial charge on any atom is -0.506 e. The molecule has 0 unspecified atom stereocenters. The fourth-order valence-electron chi connectivity index (χ4n) is 2.93. The maximum Gasteiger partial charge on any atom is 0.347 e. The highest BCUT2D eigenvalue weighted by Gasteiger charge is 2.24. The second kappa shape index (κ2) is 7.28. The van der Waals surface area contributed by atoms with E-state index in [0.29, 0.717) is 11.1 Å². The Bertz CT molecular complexity index is 1100. The molecule has 3 aromatic rings. The Hall–Kier alpha value is -3.68. The molecule has 1 heterocycles. The lowest BCUT2D eigenvalue weighted by Gasteiger charge is -2.14. The van der Waals surface area contributed by atoms with E-state index in [1.54, 1.807) is 37.3 Å². The zero-order valence-electron chi connectivity index (χ0n) is 14.4. The summed E-state index contributed by atoms with van der Waals surface area (Å²) >= 11 is 0. The van der Waals surface area contributed by atoms with Crippen LogP contribution in [0.2, 0.25) is 0 Å². The molecular formula is C19H16N2O6. The van der Waals surface area contributed by atoms with Crippen LogP contribution in [0.3, 0.4) is 0 Å². The number of aromatic hydroxyl groups is 1. The number of aromatic nitrogens is 1. The van der Waals surface area contributed by atoms with E-state index >= 15 is 0 Å². The molecule has 0 radical (unpaired) electrons. The van der Waals surface area contributed by atoms with E-state index in [9.17, 15) is 24.8 Å². The lowest BCUT2D eigenvalue weighted by atomic mass is 10.1. The van der Waals surface area contributed by atoms with Crippen molar-refractivity contribution in [3.63, 3.8) is 0 Å². The number of para-hydroxylation sites is 2. The first-order valence-corrected chi connectivity index (χ1v) is 8.19. The quantitative estimate of drug-likeness (QED) is 0.421. The first-order chi connectivity index (χ1) is 13.0. The van der Waals surface area contributed by atoms with Gasteiger partial charge in [-0.1, -0.05) is 30.3 Å². The second-order valence-corrected chi connectivity index (χ2v) is 5.74. The van der Waals surface area contributed by atoms with Gasteiger partial charge >= 0.3 is 5.97 Å². The number of pyridine rings is 1. The third kappa shape index (κ3) is 3.24. The number of ether oxygens (including phenoxy) is 1. The molecule has 8 heteroatoms. The molecule has 138 valence electrons. The molecule has 0 aliphatic carbocycles. The van der Waals surface area contributed by atoms with Crippen molar-refractivity contribution < 1.29 is 19.6 Å². The summed E-state index contributed by atoms with van der Waals surface area (Å²) in [4.78, 5) is 35.9. The van der Waals surface area contributed by atoms with Gasteiger partial charge in [-0.3, -0.25) is 14.9 Å². The van der Waals surface area contributed by atoms with Crippen molar-refractivity contribution in [2.75, 3.05) is 6.61 Å². The number of esters is 1. The van der Waals surface area contributed by atoms with Crippen molar-refractivity contribution in [1.29, 1.82) is 0 Å². The second-order valence-electron chi connectivity index (χ2n) is 5.74. The fraction of sp³-hybridized carbons (Fsp3) is 0.158. The Morgan fingerprint density at radius 2 is 1.85 bits per heavy atom. The molecule has 1 aromatic heterocycles. The van der Waals surface area contributed by atoms with Gasteiger partial charge in [-0.05, 0) is 19.1 Å². The summed E-state index contributed by atoms with van der Waals surface area (Å²) in [5, 5.41) is 22.0. The van der Waals surface area contributed by atoms with E-state index in [0.717, 1.165) is 0 Å². The monoisotopic (exact) mass is 368 g/mol. The van der Waals surface area contributed by atoms with Crippen LogP contribution >= 0.6 is 0 Å². The minimum atomic E-state index is -0.943. The molecule has 0 bridgehead atoms. The smallest absolute Gasteiger partial charge is 0.347 e. The van der Waals surface area contributed by atoms with Gasteiger partial charge in [0.15, 0.2) is 5.56 Å². The average Bonchev–Trinajstić information content (AvgIpc) is 2.65. The highest BCUT2D eigenvalue weighted by Crippen LogP contribution is 2.28. The predicted octanol–water partition coefficient (Wildman–Crippen LogP) is 2.84. The number of fused-ring (bicyclic) bond motifs is 1.